The van der Waals surface area contributed by atoms with E-state index in [1.807, 2.05) is 24.3 Å². The Hall–Kier alpha value is -2.76. The van der Waals surface area contributed by atoms with Crippen molar-refractivity contribution in [3.8, 4) is 11.5 Å². The fraction of sp³-hybridized carbons (Fsp3) is 0.429. The minimum absolute atomic E-state index is 0.0939. The van der Waals surface area contributed by atoms with Crippen molar-refractivity contribution in [1.29, 1.82) is 0 Å². The SMILES string of the molecule is COc1ccc(CC(=O)Nc2ccc(N3CCC(C)CC3)nc2)cc1OC. The van der Waals surface area contributed by atoms with Crippen LogP contribution in [0.15, 0.2) is 36.5 Å². The van der Waals surface area contributed by atoms with Gasteiger partial charge in [0.25, 0.3) is 0 Å². The van der Waals surface area contributed by atoms with E-state index in [1.54, 1.807) is 26.5 Å². The number of piperidine rings is 1. The standard InChI is InChI=1S/C21H27N3O3/c1-15-8-10-24(11-9-15)20-7-5-17(14-22-20)23-21(25)13-16-4-6-18(26-2)19(12-16)27-3/h4-7,12,14-15H,8-11,13H2,1-3H3,(H,23,25). The highest BCUT2D eigenvalue weighted by molar-refractivity contribution is 5.92. The highest BCUT2D eigenvalue weighted by atomic mass is 16.5. The van der Waals surface area contributed by atoms with Crippen LogP contribution in [0.4, 0.5) is 11.5 Å². The maximum atomic E-state index is 12.3. The summed E-state index contributed by atoms with van der Waals surface area (Å²) < 4.78 is 10.5. The normalized spacial score (nSPS) is 14.7. The number of pyridine rings is 1. The molecule has 6 nitrogen and oxygen atoms in total. The molecule has 6 heteroatoms. The van der Waals surface area contributed by atoms with Crippen molar-refractivity contribution >= 4 is 17.4 Å². The quantitative estimate of drug-likeness (QED) is 0.844. The lowest BCUT2D eigenvalue weighted by molar-refractivity contribution is -0.115. The minimum atomic E-state index is -0.0939. The summed E-state index contributed by atoms with van der Waals surface area (Å²) in [5.74, 6) is 2.93. The molecule has 1 fully saturated rings. The Morgan fingerprint density at radius 1 is 1.15 bits per heavy atom. The molecule has 1 aromatic carbocycles. The summed E-state index contributed by atoms with van der Waals surface area (Å²) in [6.45, 7) is 4.38. The molecule has 0 aliphatic carbocycles. The van der Waals surface area contributed by atoms with Crippen LogP contribution in [0.2, 0.25) is 0 Å². The highest BCUT2D eigenvalue weighted by Gasteiger charge is 2.17. The van der Waals surface area contributed by atoms with E-state index in [0.717, 1.165) is 30.4 Å². The van der Waals surface area contributed by atoms with Crippen molar-refractivity contribution in [1.82, 2.24) is 4.98 Å². The van der Waals surface area contributed by atoms with Gasteiger partial charge in [-0.1, -0.05) is 13.0 Å². The van der Waals surface area contributed by atoms with Crippen LogP contribution >= 0.6 is 0 Å². The molecule has 0 spiro atoms. The molecule has 1 aliphatic heterocycles. The van der Waals surface area contributed by atoms with Gasteiger partial charge in [-0.05, 0) is 48.6 Å². The summed E-state index contributed by atoms with van der Waals surface area (Å²) in [5.41, 5.74) is 1.56. The molecule has 144 valence electrons. The number of carbonyl (C=O) groups is 1. The molecular formula is C21H27N3O3. The maximum Gasteiger partial charge on any atom is 0.228 e. The number of nitrogens with one attached hydrogen (secondary N) is 1. The lowest BCUT2D eigenvalue weighted by Gasteiger charge is -2.31. The third-order valence-electron chi connectivity index (χ3n) is 4.95. The predicted octanol–water partition coefficient (Wildman–Crippen LogP) is 3.52. The lowest BCUT2D eigenvalue weighted by Crippen LogP contribution is -2.33. The molecule has 1 saturated heterocycles. The Bertz CT molecular complexity index is 769. The summed E-state index contributed by atoms with van der Waals surface area (Å²) in [4.78, 5) is 19.2. The number of hydrogen-bond acceptors (Lipinski definition) is 5. The van der Waals surface area contributed by atoms with Crippen molar-refractivity contribution in [3.63, 3.8) is 0 Å². The van der Waals surface area contributed by atoms with E-state index < -0.39 is 0 Å². The van der Waals surface area contributed by atoms with Gasteiger partial charge in [0.05, 0.1) is 32.5 Å². The first kappa shape index (κ1) is 19.0. The van der Waals surface area contributed by atoms with Gasteiger partial charge in [-0.3, -0.25) is 4.79 Å². The van der Waals surface area contributed by atoms with Gasteiger partial charge in [0.1, 0.15) is 5.82 Å². The molecule has 0 bridgehead atoms. The Labute approximate surface area is 160 Å². The zero-order chi connectivity index (χ0) is 19.2. The van der Waals surface area contributed by atoms with Gasteiger partial charge in [0.2, 0.25) is 5.91 Å². The Kier molecular flexibility index (Phi) is 6.16. The van der Waals surface area contributed by atoms with Crippen LogP contribution in [-0.2, 0) is 11.2 Å². The van der Waals surface area contributed by atoms with Crippen molar-refractivity contribution in [2.75, 3.05) is 37.5 Å². The molecule has 0 radical (unpaired) electrons. The monoisotopic (exact) mass is 369 g/mol. The van der Waals surface area contributed by atoms with E-state index in [-0.39, 0.29) is 12.3 Å². The van der Waals surface area contributed by atoms with Crippen LogP contribution < -0.4 is 19.7 Å². The van der Waals surface area contributed by atoms with Gasteiger partial charge in [-0.2, -0.15) is 0 Å². The van der Waals surface area contributed by atoms with Crippen LogP contribution in [-0.4, -0.2) is 38.2 Å². The number of hydrogen-bond donors (Lipinski definition) is 1. The number of benzene rings is 1. The van der Waals surface area contributed by atoms with Crippen LogP contribution in [0.1, 0.15) is 25.3 Å². The second-order valence-electron chi connectivity index (χ2n) is 6.99. The molecule has 2 heterocycles. The fourth-order valence-corrected chi connectivity index (χ4v) is 3.27. The van der Waals surface area contributed by atoms with Gasteiger partial charge in [0, 0.05) is 13.1 Å². The van der Waals surface area contributed by atoms with Crippen LogP contribution in [0.3, 0.4) is 0 Å². The molecule has 0 unspecified atom stereocenters. The third kappa shape index (κ3) is 4.90. The molecular weight excluding hydrogens is 342 g/mol. The molecule has 3 rings (SSSR count). The number of aromatic nitrogens is 1. The summed E-state index contributed by atoms with van der Waals surface area (Å²) in [5, 5.41) is 2.90. The van der Waals surface area contributed by atoms with E-state index in [9.17, 15) is 4.79 Å². The van der Waals surface area contributed by atoms with E-state index >= 15 is 0 Å². The number of ether oxygens (including phenoxy) is 2. The Morgan fingerprint density at radius 2 is 1.89 bits per heavy atom. The first-order valence-electron chi connectivity index (χ1n) is 9.31. The molecule has 1 amide bonds. The minimum Gasteiger partial charge on any atom is -0.493 e. The van der Waals surface area contributed by atoms with Gasteiger partial charge < -0.3 is 19.7 Å². The van der Waals surface area contributed by atoms with Gasteiger partial charge in [-0.15, -0.1) is 0 Å². The highest BCUT2D eigenvalue weighted by Crippen LogP contribution is 2.28. The summed E-state index contributed by atoms with van der Waals surface area (Å²) >= 11 is 0. The zero-order valence-corrected chi connectivity index (χ0v) is 16.2. The van der Waals surface area contributed by atoms with Crippen molar-refractivity contribution in [2.45, 2.75) is 26.2 Å². The molecule has 0 saturated carbocycles. The van der Waals surface area contributed by atoms with Crippen molar-refractivity contribution in [3.05, 3.63) is 42.1 Å². The smallest absolute Gasteiger partial charge is 0.228 e. The molecule has 1 aliphatic rings. The molecule has 0 atom stereocenters. The molecule has 2 aromatic rings. The van der Waals surface area contributed by atoms with Gasteiger partial charge in [0.15, 0.2) is 11.5 Å². The predicted molar refractivity (Wildman–Crippen MR) is 107 cm³/mol. The Morgan fingerprint density at radius 3 is 2.52 bits per heavy atom. The number of anilines is 2. The van der Waals surface area contributed by atoms with Crippen molar-refractivity contribution in [2.24, 2.45) is 5.92 Å². The van der Waals surface area contributed by atoms with E-state index in [4.69, 9.17) is 9.47 Å². The van der Waals surface area contributed by atoms with Gasteiger partial charge >= 0.3 is 0 Å². The van der Waals surface area contributed by atoms with Crippen LogP contribution in [0, 0.1) is 5.92 Å². The third-order valence-corrected chi connectivity index (χ3v) is 4.95. The molecule has 1 aromatic heterocycles. The maximum absolute atomic E-state index is 12.3. The second-order valence-corrected chi connectivity index (χ2v) is 6.99. The second kappa shape index (κ2) is 8.75. The number of carbonyl (C=O) groups excluding carboxylic acids is 1. The van der Waals surface area contributed by atoms with Crippen molar-refractivity contribution < 1.29 is 14.3 Å². The number of rotatable bonds is 6. The lowest BCUT2D eigenvalue weighted by atomic mass is 9.99. The van der Waals surface area contributed by atoms with E-state index in [2.05, 4.69) is 22.1 Å². The fourth-order valence-electron chi connectivity index (χ4n) is 3.27. The van der Waals surface area contributed by atoms with Crippen LogP contribution in [0.25, 0.3) is 0 Å². The zero-order valence-electron chi connectivity index (χ0n) is 16.2. The Balaban J connectivity index is 1.58. The van der Waals surface area contributed by atoms with Gasteiger partial charge in [-0.25, -0.2) is 4.98 Å². The van der Waals surface area contributed by atoms with E-state index in [0.29, 0.717) is 17.2 Å². The summed E-state index contributed by atoms with van der Waals surface area (Å²) in [6, 6.07) is 9.36. The largest absolute Gasteiger partial charge is 0.493 e. The molecule has 1 N–H and O–H groups in total. The summed E-state index contributed by atoms with van der Waals surface area (Å²) in [7, 11) is 3.17. The number of nitrogens with zero attached hydrogens (tertiary/aromatic N) is 2. The van der Waals surface area contributed by atoms with E-state index in [1.165, 1.54) is 12.8 Å². The number of amides is 1. The average molecular weight is 369 g/mol. The topological polar surface area (TPSA) is 63.7 Å². The molecule has 27 heavy (non-hydrogen) atoms. The average Bonchev–Trinajstić information content (AvgIpc) is 2.69. The first-order valence-corrected chi connectivity index (χ1v) is 9.31. The number of methoxy groups -OCH3 is 2. The van der Waals surface area contributed by atoms with Crippen LogP contribution in [0.5, 0.6) is 11.5 Å². The summed E-state index contributed by atoms with van der Waals surface area (Å²) in [6.07, 6.45) is 4.38. The first-order chi connectivity index (χ1) is 13.1.